The highest BCUT2D eigenvalue weighted by molar-refractivity contribution is 6.46. The number of amides is 1. The van der Waals surface area contributed by atoms with Crippen molar-refractivity contribution in [1.29, 1.82) is 0 Å². The standard InChI is InChI=1S/C24H28N2O5/c1-4-25(5-2)10-11-26-21(19-7-6-12-30-19)20(23(28)24(26)29)22(27)16-8-9-18-17(14-16)13-15(3)31-18/h6-9,12,14-15,21,27H,4-5,10-11,13H2,1-3H3/b22-20+/t15-,21+/m0/s1. The lowest BCUT2D eigenvalue weighted by Crippen LogP contribution is -2.37. The van der Waals surface area contributed by atoms with Gasteiger partial charge in [0.1, 0.15) is 29.4 Å². The van der Waals surface area contributed by atoms with Gasteiger partial charge in [-0.25, -0.2) is 0 Å². The zero-order valence-corrected chi connectivity index (χ0v) is 18.1. The van der Waals surface area contributed by atoms with Crippen molar-refractivity contribution in [3.05, 3.63) is 59.1 Å². The number of likely N-dealkylation sites (tertiary alicyclic amines) is 1. The highest BCUT2D eigenvalue weighted by atomic mass is 16.5. The number of likely N-dealkylation sites (N-methyl/N-ethyl adjacent to an activating group) is 1. The van der Waals surface area contributed by atoms with Crippen LogP contribution in [0.2, 0.25) is 0 Å². The summed E-state index contributed by atoms with van der Waals surface area (Å²) in [4.78, 5) is 29.6. The molecule has 1 amide bonds. The van der Waals surface area contributed by atoms with Gasteiger partial charge in [0.25, 0.3) is 11.7 Å². The second-order valence-electron chi connectivity index (χ2n) is 7.99. The molecule has 7 nitrogen and oxygen atoms in total. The van der Waals surface area contributed by atoms with Crippen molar-refractivity contribution in [3.8, 4) is 5.75 Å². The Bertz CT molecular complexity index is 1010. The monoisotopic (exact) mass is 424 g/mol. The van der Waals surface area contributed by atoms with Crippen LogP contribution in [0, 0.1) is 0 Å². The van der Waals surface area contributed by atoms with Crippen molar-refractivity contribution in [2.24, 2.45) is 0 Å². The van der Waals surface area contributed by atoms with E-state index in [4.69, 9.17) is 9.15 Å². The second-order valence-corrected chi connectivity index (χ2v) is 7.99. The number of hydrogen-bond acceptors (Lipinski definition) is 6. The number of nitrogens with zero attached hydrogens (tertiary/aromatic N) is 2. The number of rotatable bonds is 7. The third-order valence-corrected chi connectivity index (χ3v) is 6.07. The topological polar surface area (TPSA) is 83.2 Å². The van der Waals surface area contributed by atoms with Crippen molar-refractivity contribution < 1.29 is 23.8 Å². The van der Waals surface area contributed by atoms with Crippen LogP contribution in [-0.4, -0.2) is 58.9 Å². The zero-order chi connectivity index (χ0) is 22.1. The molecule has 31 heavy (non-hydrogen) atoms. The minimum atomic E-state index is -0.756. The van der Waals surface area contributed by atoms with Crippen molar-refractivity contribution in [3.63, 3.8) is 0 Å². The maximum Gasteiger partial charge on any atom is 0.295 e. The normalized spacial score (nSPS) is 22.3. The lowest BCUT2D eigenvalue weighted by Gasteiger charge is -2.26. The molecule has 1 fully saturated rings. The Hall–Kier alpha value is -3.06. The van der Waals surface area contributed by atoms with E-state index in [0.29, 0.717) is 24.4 Å². The van der Waals surface area contributed by atoms with E-state index in [1.165, 1.54) is 11.2 Å². The number of furan rings is 1. The summed E-state index contributed by atoms with van der Waals surface area (Å²) < 4.78 is 11.3. The molecule has 3 heterocycles. The summed E-state index contributed by atoms with van der Waals surface area (Å²) >= 11 is 0. The maximum absolute atomic E-state index is 13.0. The Labute approximate surface area is 181 Å². The van der Waals surface area contributed by atoms with E-state index in [2.05, 4.69) is 18.7 Å². The Morgan fingerprint density at radius 3 is 2.68 bits per heavy atom. The first-order chi connectivity index (χ1) is 14.9. The number of fused-ring (bicyclic) bond motifs is 1. The molecule has 1 aromatic carbocycles. The van der Waals surface area contributed by atoms with Crippen molar-refractivity contribution in [1.82, 2.24) is 9.80 Å². The largest absolute Gasteiger partial charge is 0.507 e. The van der Waals surface area contributed by atoms with Gasteiger partial charge in [0, 0.05) is 25.1 Å². The molecule has 0 saturated carbocycles. The number of hydrogen-bond donors (Lipinski definition) is 1. The van der Waals surface area contributed by atoms with Crippen LogP contribution in [0.1, 0.15) is 43.7 Å². The van der Waals surface area contributed by atoms with E-state index in [0.717, 1.165) is 30.8 Å². The lowest BCUT2D eigenvalue weighted by molar-refractivity contribution is -0.140. The highest BCUT2D eigenvalue weighted by Gasteiger charge is 2.47. The molecule has 164 valence electrons. The fourth-order valence-corrected chi connectivity index (χ4v) is 4.37. The summed E-state index contributed by atoms with van der Waals surface area (Å²) in [7, 11) is 0. The van der Waals surface area contributed by atoms with E-state index in [-0.39, 0.29) is 17.4 Å². The Morgan fingerprint density at radius 1 is 1.23 bits per heavy atom. The number of carbonyl (C=O) groups is 2. The summed E-state index contributed by atoms with van der Waals surface area (Å²) in [6.45, 7) is 8.79. The van der Waals surface area contributed by atoms with Gasteiger partial charge in [-0.2, -0.15) is 0 Å². The van der Waals surface area contributed by atoms with Crippen LogP contribution >= 0.6 is 0 Å². The summed E-state index contributed by atoms with van der Waals surface area (Å²) in [5.74, 6) is -0.256. The summed E-state index contributed by atoms with van der Waals surface area (Å²) in [6, 6.07) is 8.03. The fraction of sp³-hybridized carbons (Fsp3) is 0.417. The number of benzene rings is 1. The van der Waals surface area contributed by atoms with Gasteiger partial charge in [0.2, 0.25) is 0 Å². The molecule has 4 rings (SSSR count). The van der Waals surface area contributed by atoms with E-state index >= 15 is 0 Å². The van der Waals surface area contributed by atoms with Crippen LogP contribution < -0.4 is 4.74 Å². The maximum atomic E-state index is 13.0. The molecule has 2 atom stereocenters. The Morgan fingerprint density at radius 2 is 2.00 bits per heavy atom. The van der Waals surface area contributed by atoms with Crippen LogP contribution in [-0.2, 0) is 16.0 Å². The number of ketones is 1. The van der Waals surface area contributed by atoms with Crippen LogP contribution in [0.25, 0.3) is 5.76 Å². The quantitative estimate of drug-likeness (QED) is 0.417. The predicted molar refractivity (Wildman–Crippen MR) is 116 cm³/mol. The molecule has 2 aromatic rings. The molecule has 0 unspecified atom stereocenters. The molecule has 0 aliphatic carbocycles. The molecular formula is C24H28N2O5. The van der Waals surface area contributed by atoms with Gasteiger partial charge in [-0.1, -0.05) is 13.8 Å². The number of ether oxygens (including phenoxy) is 1. The average molecular weight is 424 g/mol. The Balaban J connectivity index is 1.74. The molecule has 1 saturated heterocycles. The van der Waals surface area contributed by atoms with Gasteiger partial charge in [-0.3, -0.25) is 9.59 Å². The smallest absolute Gasteiger partial charge is 0.295 e. The lowest BCUT2D eigenvalue weighted by atomic mass is 9.97. The summed E-state index contributed by atoms with van der Waals surface area (Å²) in [5, 5.41) is 11.1. The van der Waals surface area contributed by atoms with Gasteiger partial charge in [-0.15, -0.1) is 0 Å². The van der Waals surface area contributed by atoms with Crippen LogP contribution in [0.5, 0.6) is 5.75 Å². The SMILES string of the molecule is CCN(CC)CCN1C(=O)C(=O)/C(=C(/O)c2ccc3c(c2)C[C@H](C)O3)[C@H]1c1ccco1. The molecular weight excluding hydrogens is 396 g/mol. The van der Waals surface area contributed by atoms with Crippen molar-refractivity contribution in [2.45, 2.75) is 39.3 Å². The minimum Gasteiger partial charge on any atom is -0.507 e. The first-order valence-electron chi connectivity index (χ1n) is 10.8. The highest BCUT2D eigenvalue weighted by Crippen LogP contribution is 2.40. The second kappa shape index (κ2) is 8.59. The molecule has 0 bridgehead atoms. The number of Topliss-reactive ketones (excluding diaryl/α,β-unsaturated/α-hetero) is 1. The summed E-state index contributed by atoms with van der Waals surface area (Å²) in [5.41, 5.74) is 1.53. The van der Waals surface area contributed by atoms with E-state index in [1.807, 2.05) is 13.0 Å². The van der Waals surface area contributed by atoms with Gasteiger partial charge in [-0.05, 0) is 55.9 Å². The molecule has 0 radical (unpaired) electrons. The summed E-state index contributed by atoms with van der Waals surface area (Å²) in [6.07, 6.45) is 2.31. The first kappa shape index (κ1) is 21.2. The fourth-order valence-electron chi connectivity index (χ4n) is 4.37. The number of aliphatic hydroxyl groups is 1. The molecule has 1 N–H and O–H groups in total. The van der Waals surface area contributed by atoms with Crippen LogP contribution in [0.3, 0.4) is 0 Å². The van der Waals surface area contributed by atoms with Gasteiger partial charge < -0.3 is 24.1 Å². The Kier molecular flexibility index (Phi) is 5.87. The minimum absolute atomic E-state index is 0.0615. The molecule has 7 heteroatoms. The number of aliphatic hydroxyl groups excluding tert-OH is 1. The van der Waals surface area contributed by atoms with E-state index < -0.39 is 17.7 Å². The zero-order valence-electron chi connectivity index (χ0n) is 18.1. The molecule has 1 aromatic heterocycles. The molecule has 2 aliphatic rings. The number of carbonyl (C=O) groups excluding carboxylic acids is 2. The van der Waals surface area contributed by atoms with Crippen LogP contribution in [0.4, 0.5) is 0 Å². The van der Waals surface area contributed by atoms with Gasteiger partial charge >= 0.3 is 0 Å². The third-order valence-electron chi connectivity index (χ3n) is 6.07. The van der Waals surface area contributed by atoms with E-state index in [1.54, 1.807) is 24.3 Å². The predicted octanol–water partition coefficient (Wildman–Crippen LogP) is 3.37. The van der Waals surface area contributed by atoms with Gasteiger partial charge in [0.05, 0.1) is 11.8 Å². The third kappa shape index (κ3) is 3.85. The van der Waals surface area contributed by atoms with Crippen molar-refractivity contribution in [2.75, 3.05) is 26.2 Å². The molecule has 2 aliphatic heterocycles. The average Bonchev–Trinajstić information content (AvgIpc) is 3.47. The van der Waals surface area contributed by atoms with Gasteiger partial charge in [0.15, 0.2) is 0 Å². The molecule has 0 spiro atoms. The van der Waals surface area contributed by atoms with Crippen LogP contribution in [0.15, 0.2) is 46.6 Å². The first-order valence-corrected chi connectivity index (χ1v) is 10.8. The van der Waals surface area contributed by atoms with Crippen molar-refractivity contribution >= 4 is 17.4 Å². The van der Waals surface area contributed by atoms with E-state index in [9.17, 15) is 14.7 Å².